The average molecular weight is 379 g/mol. The number of anilines is 1. The van der Waals surface area contributed by atoms with Crippen molar-refractivity contribution < 1.29 is 23.5 Å². The summed E-state index contributed by atoms with van der Waals surface area (Å²) in [6.45, 7) is 1.64. The number of amides is 1. The molecule has 6 nitrogen and oxygen atoms in total. The molecule has 0 fully saturated rings. The quantitative estimate of drug-likeness (QED) is 0.492. The number of carbonyl (C=O) groups is 2. The Kier molecular flexibility index (Phi) is 6.11. The number of hydrogen-bond donors (Lipinski definition) is 1. The fraction of sp³-hybridized carbons (Fsp3) is 0.182. The highest BCUT2D eigenvalue weighted by atomic mass is 16.5. The van der Waals surface area contributed by atoms with Crippen LogP contribution in [-0.4, -0.2) is 25.6 Å². The normalized spacial score (nSPS) is 10.9. The molecule has 3 rings (SSSR count). The van der Waals surface area contributed by atoms with E-state index in [0.29, 0.717) is 17.1 Å². The van der Waals surface area contributed by atoms with Gasteiger partial charge in [0.2, 0.25) is 0 Å². The first-order valence-electron chi connectivity index (χ1n) is 8.90. The van der Waals surface area contributed by atoms with E-state index < -0.39 is 11.9 Å². The van der Waals surface area contributed by atoms with Crippen molar-refractivity contribution in [1.82, 2.24) is 0 Å². The Hall–Kier alpha value is -3.54. The summed E-state index contributed by atoms with van der Waals surface area (Å²) in [7, 11) is 1.56. The van der Waals surface area contributed by atoms with E-state index in [4.69, 9.17) is 13.9 Å². The van der Waals surface area contributed by atoms with Crippen molar-refractivity contribution in [3.05, 3.63) is 65.9 Å². The molecule has 0 aliphatic carbocycles. The van der Waals surface area contributed by atoms with Crippen LogP contribution in [0.4, 0.5) is 5.69 Å². The molecule has 0 saturated heterocycles. The molecule has 0 spiro atoms. The van der Waals surface area contributed by atoms with Gasteiger partial charge in [-0.2, -0.15) is 0 Å². The Balaban J connectivity index is 1.56. The minimum absolute atomic E-state index is 0.366. The maximum atomic E-state index is 12.0. The molecule has 0 aliphatic rings. The van der Waals surface area contributed by atoms with Gasteiger partial charge >= 0.3 is 5.97 Å². The standard InChI is InChI=1S/C22H21NO5/c1-3-15-7-4-5-9-18(15)23-20(24)14-27-21(25)12-11-17-13-16-8-6-10-19(26-2)22(16)28-17/h4-13H,3,14H2,1-2H3,(H,23,24). The van der Waals surface area contributed by atoms with Crippen LogP contribution in [0.3, 0.4) is 0 Å². The second-order valence-electron chi connectivity index (χ2n) is 6.03. The van der Waals surface area contributed by atoms with E-state index in [1.807, 2.05) is 43.3 Å². The number of esters is 1. The van der Waals surface area contributed by atoms with Crippen LogP contribution in [0.15, 0.2) is 59.0 Å². The molecule has 0 saturated carbocycles. The predicted molar refractivity (Wildman–Crippen MR) is 107 cm³/mol. The van der Waals surface area contributed by atoms with Gasteiger partial charge in [-0.25, -0.2) is 4.79 Å². The fourth-order valence-electron chi connectivity index (χ4n) is 2.77. The predicted octanol–water partition coefficient (Wildman–Crippen LogP) is 4.20. The van der Waals surface area contributed by atoms with Gasteiger partial charge in [0.25, 0.3) is 5.91 Å². The third kappa shape index (κ3) is 4.59. The number of benzene rings is 2. The van der Waals surface area contributed by atoms with Gasteiger partial charge in [0.1, 0.15) is 5.76 Å². The SMILES string of the molecule is CCc1ccccc1NC(=O)COC(=O)C=Cc1cc2cccc(OC)c2o1. The van der Waals surface area contributed by atoms with E-state index in [0.717, 1.165) is 23.1 Å². The van der Waals surface area contributed by atoms with E-state index >= 15 is 0 Å². The Labute approximate surface area is 162 Å². The number of ether oxygens (including phenoxy) is 2. The van der Waals surface area contributed by atoms with Gasteiger partial charge in [0, 0.05) is 17.1 Å². The van der Waals surface area contributed by atoms with E-state index in [2.05, 4.69) is 5.32 Å². The third-order valence-corrected chi connectivity index (χ3v) is 4.15. The average Bonchev–Trinajstić information content (AvgIpc) is 3.14. The van der Waals surface area contributed by atoms with Crippen molar-refractivity contribution in [3.63, 3.8) is 0 Å². The third-order valence-electron chi connectivity index (χ3n) is 4.15. The van der Waals surface area contributed by atoms with Crippen LogP contribution in [0.1, 0.15) is 18.2 Å². The molecule has 1 N–H and O–H groups in total. The summed E-state index contributed by atoms with van der Waals surface area (Å²) < 4.78 is 15.9. The largest absolute Gasteiger partial charge is 0.493 e. The Morgan fingerprint density at radius 3 is 2.75 bits per heavy atom. The monoisotopic (exact) mass is 379 g/mol. The maximum absolute atomic E-state index is 12.0. The van der Waals surface area contributed by atoms with Crippen LogP contribution in [0.2, 0.25) is 0 Å². The summed E-state index contributed by atoms with van der Waals surface area (Å²) in [5.74, 6) is 0.0732. The van der Waals surface area contributed by atoms with Crippen LogP contribution in [0.5, 0.6) is 5.75 Å². The van der Waals surface area contributed by atoms with E-state index in [1.54, 1.807) is 19.2 Å². The summed E-state index contributed by atoms with van der Waals surface area (Å²) >= 11 is 0. The van der Waals surface area contributed by atoms with Gasteiger partial charge < -0.3 is 19.2 Å². The Bertz CT molecular complexity index is 1020. The highest BCUT2D eigenvalue weighted by Gasteiger charge is 2.09. The summed E-state index contributed by atoms with van der Waals surface area (Å²) in [6, 6.07) is 14.8. The van der Waals surface area contributed by atoms with Gasteiger partial charge in [-0.05, 0) is 36.3 Å². The van der Waals surface area contributed by atoms with E-state index in [1.165, 1.54) is 12.2 Å². The lowest BCUT2D eigenvalue weighted by Gasteiger charge is -2.09. The number of furan rings is 1. The second kappa shape index (κ2) is 8.90. The summed E-state index contributed by atoms with van der Waals surface area (Å²) in [5, 5.41) is 3.61. The summed E-state index contributed by atoms with van der Waals surface area (Å²) in [6.07, 6.45) is 3.50. The zero-order valence-electron chi connectivity index (χ0n) is 15.7. The number of aryl methyl sites for hydroxylation is 1. The fourth-order valence-corrected chi connectivity index (χ4v) is 2.77. The molecule has 0 bridgehead atoms. The molecule has 1 aromatic heterocycles. The van der Waals surface area contributed by atoms with Crippen molar-refractivity contribution in [2.45, 2.75) is 13.3 Å². The zero-order chi connectivity index (χ0) is 19.9. The summed E-state index contributed by atoms with van der Waals surface area (Å²) in [4.78, 5) is 23.9. The van der Waals surface area contributed by atoms with Crippen molar-refractivity contribution in [3.8, 4) is 5.75 Å². The highest BCUT2D eigenvalue weighted by molar-refractivity contribution is 5.95. The molecule has 0 atom stereocenters. The number of hydrogen-bond acceptors (Lipinski definition) is 5. The molecule has 144 valence electrons. The molecule has 0 radical (unpaired) electrons. The van der Waals surface area contributed by atoms with Crippen molar-refractivity contribution >= 4 is 34.6 Å². The van der Waals surface area contributed by atoms with Crippen LogP contribution < -0.4 is 10.1 Å². The van der Waals surface area contributed by atoms with Gasteiger partial charge in [-0.15, -0.1) is 0 Å². The zero-order valence-corrected chi connectivity index (χ0v) is 15.7. The van der Waals surface area contributed by atoms with E-state index in [9.17, 15) is 9.59 Å². The molecule has 1 amide bonds. The van der Waals surface area contributed by atoms with Gasteiger partial charge in [0.15, 0.2) is 17.9 Å². The summed E-state index contributed by atoms with van der Waals surface area (Å²) in [5.41, 5.74) is 2.34. The molecular formula is C22H21NO5. The first-order chi connectivity index (χ1) is 13.6. The number of nitrogens with one attached hydrogen (secondary N) is 1. The Morgan fingerprint density at radius 1 is 1.14 bits per heavy atom. The first-order valence-corrected chi connectivity index (χ1v) is 8.90. The molecular weight excluding hydrogens is 358 g/mol. The molecule has 2 aromatic carbocycles. The Morgan fingerprint density at radius 2 is 1.96 bits per heavy atom. The molecule has 28 heavy (non-hydrogen) atoms. The highest BCUT2D eigenvalue weighted by Crippen LogP contribution is 2.28. The molecule has 3 aromatic rings. The van der Waals surface area contributed by atoms with Crippen molar-refractivity contribution in [2.75, 3.05) is 19.0 Å². The number of para-hydroxylation sites is 2. The lowest BCUT2D eigenvalue weighted by Crippen LogP contribution is -2.20. The lowest BCUT2D eigenvalue weighted by atomic mass is 10.1. The lowest BCUT2D eigenvalue weighted by molar-refractivity contribution is -0.142. The minimum Gasteiger partial charge on any atom is -0.493 e. The number of rotatable bonds is 7. The maximum Gasteiger partial charge on any atom is 0.331 e. The van der Waals surface area contributed by atoms with Crippen molar-refractivity contribution in [2.24, 2.45) is 0 Å². The smallest absolute Gasteiger partial charge is 0.331 e. The molecule has 6 heteroatoms. The van der Waals surface area contributed by atoms with Crippen LogP contribution >= 0.6 is 0 Å². The van der Waals surface area contributed by atoms with Crippen LogP contribution in [-0.2, 0) is 20.7 Å². The van der Waals surface area contributed by atoms with Gasteiger partial charge in [0.05, 0.1) is 7.11 Å². The van der Waals surface area contributed by atoms with Crippen LogP contribution in [0, 0.1) is 0 Å². The topological polar surface area (TPSA) is 77.8 Å². The first kappa shape index (κ1) is 19.2. The van der Waals surface area contributed by atoms with Crippen molar-refractivity contribution in [1.29, 1.82) is 0 Å². The number of fused-ring (bicyclic) bond motifs is 1. The molecule has 0 aliphatic heterocycles. The van der Waals surface area contributed by atoms with E-state index in [-0.39, 0.29) is 6.61 Å². The second-order valence-corrected chi connectivity index (χ2v) is 6.03. The minimum atomic E-state index is -0.633. The van der Waals surface area contributed by atoms with Gasteiger partial charge in [-0.1, -0.05) is 37.3 Å². The molecule has 1 heterocycles. The number of methoxy groups -OCH3 is 1. The molecule has 0 unspecified atom stereocenters. The van der Waals surface area contributed by atoms with Crippen LogP contribution in [0.25, 0.3) is 17.0 Å². The van der Waals surface area contributed by atoms with Gasteiger partial charge in [-0.3, -0.25) is 4.79 Å². The number of carbonyl (C=O) groups excluding carboxylic acids is 2.